The summed E-state index contributed by atoms with van der Waals surface area (Å²) in [5.41, 5.74) is 1.19. The maximum atomic E-state index is 10.9. The summed E-state index contributed by atoms with van der Waals surface area (Å²) < 4.78 is 0. The molecule has 2 N–H and O–H groups in total. The molecule has 0 aliphatic carbocycles. The van der Waals surface area contributed by atoms with Crippen molar-refractivity contribution < 1.29 is 9.90 Å². The van der Waals surface area contributed by atoms with Crippen LogP contribution < -0.4 is 5.32 Å². The van der Waals surface area contributed by atoms with Gasteiger partial charge in [-0.1, -0.05) is 20.8 Å². The van der Waals surface area contributed by atoms with E-state index in [-0.39, 0.29) is 11.0 Å². The molecule has 0 fully saturated rings. The monoisotopic (exact) mass is 277 g/mol. The molecule has 2 aromatic rings. The lowest BCUT2D eigenvalue weighted by atomic mass is 9.93. The minimum atomic E-state index is -0.972. The van der Waals surface area contributed by atoms with Crippen molar-refractivity contribution in [2.45, 2.75) is 26.2 Å². The molecule has 6 heteroatoms. The van der Waals surface area contributed by atoms with Crippen molar-refractivity contribution in [3.63, 3.8) is 0 Å². The van der Waals surface area contributed by atoms with Gasteiger partial charge in [-0.3, -0.25) is 0 Å². The zero-order chi connectivity index (χ0) is 14.0. The van der Waals surface area contributed by atoms with Crippen molar-refractivity contribution >= 4 is 28.3 Å². The summed E-state index contributed by atoms with van der Waals surface area (Å²) in [5.74, 6) is -0.491. The van der Waals surface area contributed by atoms with Crippen LogP contribution in [0, 0.1) is 0 Å². The number of nitrogens with one attached hydrogen (secondary N) is 1. The number of carboxylic acid groups (broad SMARTS) is 1. The Balaban J connectivity index is 2.19. The molecule has 0 spiro atoms. The van der Waals surface area contributed by atoms with E-state index in [4.69, 9.17) is 5.11 Å². The van der Waals surface area contributed by atoms with E-state index in [0.717, 1.165) is 5.69 Å². The number of aromatic carboxylic acids is 1. The van der Waals surface area contributed by atoms with Crippen molar-refractivity contribution in [1.82, 2.24) is 9.97 Å². The molecule has 0 unspecified atom stereocenters. The number of carbonyl (C=O) groups is 1. The Morgan fingerprint density at radius 3 is 2.74 bits per heavy atom. The second kappa shape index (κ2) is 4.97. The van der Waals surface area contributed by atoms with E-state index in [1.807, 2.05) is 5.38 Å². The summed E-state index contributed by atoms with van der Waals surface area (Å²) in [7, 11) is 0. The van der Waals surface area contributed by atoms with Crippen molar-refractivity contribution in [1.29, 1.82) is 0 Å². The number of thiazole rings is 1. The number of aromatic nitrogens is 2. The number of hydrogen-bond donors (Lipinski definition) is 2. The Morgan fingerprint density at radius 1 is 1.42 bits per heavy atom. The fraction of sp³-hybridized carbons (Fsp3) is 0.308. The Kier molecular flexibility index (Phi) is 3.53. The third-order valence-electron chi connectivity index (χ3n) is 2.51. The largest absolute Gasteiger partial charge is 0.478 e. The van der Waals surface area contributed by atoms with Crippen LogP contribution in [-0.2, 0) is 5.41 Å². The molecule has 0 saturated heterocycles. The van der Waals surface area contributed by atoms with Crippen LogP contribution in [0.2, 0.25) is 0 Å². The van der Waals surface area contributed by atoms with E-state index in [1.165, 1.54) is 29.7 Å². The van der Waals surface area contributed by atoms with Crippen molar-refractivity contribution in [3.05, 3.63) is 35.0 Å². The van der Waals surface area contributed by atoms with Crippen LogP contribution in [0.3, 0.4) is 0 Å². The number of nitrogens with zero attached hydrogens (tertiary/aromatic N) is 2. The topological polar surface area (TPSA) is 75.1 Å². The normalized spacial score (nSPS) is 11.3. The molecule has 0 amide bonds. The highest BCUT2D eigenvalue weighted by Crippen LogP contribution is 2.27. The van der Waals surface area contributed by atoms with Crippen LogP contribution in [0.25, 0.3) is 0 Å². The number of hydrogen-bond acceptors (Lipinski definition) is 5. The lowest BCUT2D eigenvalue weighted by Crippen LogP contribution is -2.11. The van der Waals surface area contributed by atoms with Gasteiger partial charge in [0, 0.05) is 17.0 Å². The quantitative estimate of drug-likeness (QED) is 0.900. The van der Waals surface area contributed by atoms with Crippen LogP contribution >= 0.6 is 11.3 Å². The third-order valence-corrected chi connectivity index (χ3v) is 3.27. The van der Waals surface area contributed by atoms with Gasteiger partial charge in [0.1, 0.15) is 5.82 Å². The molecule has 5 nitrogen and oxygen atoms in total. The van der Waals surface area contributed by atoms with E-state index < -0.39 is 5.97 Å². The SMILES string of the molecule is CC(C)(C)c1csc(Nc2cc(C(=O)O)ccn2)n1. The zero-order valence-corrected chi connectivity index (χ0v) is 11.8. The van der Waals surface area contributed by atoms with Gasteiger partial charge in [0.05, 0.1) is 11.3 Å². The highest BCUT2D eigenvalue weighted by atomic mass is 32.1. The Hall–Kier alpha value is -1.95. The Bertz CT molecular complexity index is 602. The van der Waals surface area contributed by atoms with Crippen molar-refractivity contribution in [3.8, 4) is 0 Å². The molecule has 0 aliphatic heterocycles. The van der Waals surface area contributed by atoms with Crippen LogP contribution in [0.15, 0.2) is 23.7 Å². The molecule has 2 aromatic heterocycles. The summed E-state index contributed by atoms with van der Waals surface area (Å²) in [4.78, 5) is 19.4. The van der Waals surface area contributed by atoms with E-state index in [2.05, 4.69) is 36.1 Å². The van der Waals surface area contributed by atoms with Gasteiger partial charge in [0.15, 0.2) is 5.13 Å². The average molecular weight is 277 g/mol. The summed E-state index contributed by atoms with van der Waals surface area (Å²) >= 11 is 1.48. The van der Waals surface area contributed by atoms with Gasteiger partial charge in [-0.25, -0.2) is 14.8 Å². The molecule has 2 rings (SSSR count). The number of rotatable bonds is 3. The van der Waals surface area contributed by atoms with E-state index in [0.29, 0.717) is 10.9 Å². The van der Waals surface area contributed by atoms with Crippen LogP contribution in [0.5, 0.6) is 0 Å². The van der Waals surface area contributed by atoms with Crippen LogP contribution in [0.1, 0.15) is 36.8 Å². The van der Waals surface area contributed by atoms with Gasteiger partial charge >= 0.3 is 5.97 Å². The summed E-state index contributed by atoms with van der Waals surface area (Å²) in [6.45, 7) is 6.28. The van der Waals surface area contributed by atoms with Gasteiger partial charge in [-0.15, -0.1) is 11.3 Å². The summed E-state index contributed by atoms with van der Waals surface area (Å²) in [6.07, 6.45) is 1.46. The van der Waals surface area contributed by atoms with Gasteiger partial charge in [0.2, 0.25) is 0 Å². The average Bonchev–Trinajstić information content (AvgIpc) is 2.77. The van der Waals surface area contributed by atoms with E-state index >= 15 is 0 Å². The first-order chi connectivity index (χ1) is 8.86. The number of anilines is 2. The lowest BCUT2D eigenvalue weighted by Gasteiger charge is -2.14. The Morgan fingerprint density at radius 2 is 2.16 bits per heavy atom. The molecule has 0 atom stereocenters. The Labute approximate surface area is 115 Å². The molecular weight excluding hydrogens is 262 g/mol. The molecule has 0 saturated carbocycles. The first kappa shape index (κ1) is 13.5. The summed E-state index contributed by atoms with van der Waals surface area (Å²) in [5, 5.41) is 14.6. The molecule has 19 heavy (non-hydrogen) atoms. The molecule has 0 bridgehead atoms. The molecule has 0 radical (unpaired) electrons. The maximum absolute atomic E-state index is 10.9. The maximum Gasteiger partial charge on any atom is 0.335 e. The highest BCUT2D eigenvalue weighted by Gasteiger charge is 2.17. The second-order valence-corrected chi connectivity index (χ2v) is 6.01. The standard InChI is InChI=1S/C13H15N3O2S/c1-13(2,3)9-7-19-12(15-9)16-10-6-8(11(17)18)4-5-14-10/h4-7H,1-3H3,(H,17,18)(H,14,15,16). The lowest BCUT2D eigenvalue weighted by molar-refractivity contribution is 0.0697. The van der Waals surface area contributed by atoms with Crippen LogP contribution in [-0.4, -0.2) is 21.0 Å². The first-order valence-electron chi connectivity index (χ1n) is 5.78. The van der Waals surface area contributed by atoms with Gasteiger partial charge in [-0.2, -0.15) is 0 Å². The minimum Gasteiger partial charge on any atom is -0.478 e. The zero-order valence-electron chi connectivity index (χ0n) is 11.0. The summed E-state index contributed by atoms with van der Waals surface area (Å²) in [6, 6.07) is 2.94. The van der Waals surface area contributed by atoms with Gasteiger partial charge in [-0.05, 0) is 12.1 Å². The third kappa shape index (κ3) is 3.29. The van der Waals surface area contributed by atoms with Crippen molar-refractivity contribution in [2.75, 3.05) is 5.32 Å². The van der Waals surface area contributed by atoms with Gasteiger partial charge in [0.25, 0.3) is 0 Å². The smallest absolute Gasteiger partial charge is 0.335 e. The van der Waals surface area contributed by atoms with E-state index in [1.54, 1.807) is 0 Å². The minimum absolute atomic E-state index is 0.00717. The fourth-order valence-corrected chi connectivity index (χ4v) is 2.36. The molecule has 2 heterocycles. The number of carboxylic acids is 1. The molecule has 0 aromatic carbocycles. The van der Waals surface area contributed by atoms with Crippen molar-refractivity contribution in [2.24, 2.45) is 0 Å². The number of pyridine rings is 1. The fourth-order valence-electron chi connectivity index (χ4n) is 1.42. The predicted octanol–water partition coefficient (Wildman–Crippen LogP) is 3.28. The van der Waals surface area contributed by atoms with Gasteiger partial charge < -0.3 is 10.4 Å². The predicted molar refractivity (Wildman–Crippen MR) is 75.3 cm³/mol. The molecule has 0 aliphatic rings. The first-order valence-corrected chi connectivity index (χ1v) is 6.66. The van der Waals surface area contributed by atoms with Crippen LogP contribution in [0.4, 0.5) is 10.9 Å². The van der Waals surface area contributed by atoms with E-state index in [9.17, 15) is 4.79 Å². The molecule has 100 valence electrons. The second-order valence-electron chi connectivity index (χ2n) is 5.15. The highest BCUT2D eigenvalue weighted by molar-refractivity contribution is 7.13. The molecular formula is C13H15N3O2S.